The lowest BCUT2D eigenvalue weighted by Gasteiger charge is -2.42. The molecule has 3 rings (SSSR count). The lowest BCUT2D eigenvalue weighted by molar-refractivity contribution is -0.128. The maximum absolute atomic E-state index is 12.6. The first-order valence-electron chi connectivity index (χ1n) is 7.88. The van der Waals surface area contributed by atoms with E-state index in [-0.39, 0.29) is 11.2 Å². The highest BCUT2D eigenvalue weighted by molar-refractivity contribution is 8.00. The minimum absolute atomic E-state index is 0.00678. The van der Waals surface area contributed by atoms with Crippen molar-refractivity contribution in [2.75, 3.05) is 13.3 Å². The van der Waals surface area contributed by atoms with Gasteiger partial charge in [0.15, 0.2) is 0 Å². The summed E-state index contributed by atoms with van der Waals surface area (Å²) in [5.41, 5.74) is 2.29. The number of thiophene rings is 1. The molecular weight excluding hydrogens is 350 g/mol. The van der Waals surface area contributed by atoms with Gasteiger partial charge in [0.1, 0.15) is 5.84 Å². The highest BCUT2D eigenvalue weighted by atomic mass is 32.2. The summed E-state index contributed by atoms with van der Waals surface area (Å²) >= 11 is 3.17. The van der Waals surface area contributed by atoms with Gasteiger partial charge in [0.25, 0.3) is 0 Å². The Hall–Kier alpha value is -2.10. The van der Waals surface area contributed by atoms with E-state index < -0.39 is 5.41 Å². The van der Waals surface area contributed by atoms with E-state index in [0.717, 1.165) is 16.0 Å². The number of rotatable bonds is 3. The maximum Gasteiger partial charge on any atom is 0.241 e. The summed E-state index contributed by atoms with van der Waals surface area (Å²) < 4.78 is 0. The number of hydrogen-bond donors (Lipinski definition) is 1. The van der Waals surface area contributed by atoms with Crippen LogP contribution in [0.25, 0.3) is 11.1 Å². The molecule has 2 aromatic rings. The van der Waals surface area contributed by atoms with Crippen LogP contribution in [0.5, 0.6) is 0 Å². The van der Waals surface area contributed by atoms with Crippen molar-refractivity contribution in [3.63, 3.8) is 0 Å². The highest BCUT2D eigenvalue weighted by Gasteiger charge is 2.48. The molecule has 0 bridgehead atoms. The standard InChI is InChI=1S/C19H19N3OS2/c1-19(9-16(21)22(2)18(23)17(19)24-3)15-8-14(11-25-15)13-6-4-5-12(7-13)10-20/h4-8,11,17,21H,9H2,1-3H3/t17-,19-/m1/s1. The van der Waals surface area contributed by atoms with E-state index in [1.807, 2.05) is 24.5 Å². The molecule has 1 N–H and O–H groups in total. The normalized spacial score (nSPS) is 23.6. The van der Waals surface area contributed by atoms with E-state index in [4.69, 9.17) is 10.7 Å². The summed E-state index contributed by atoms with van der Waals surface area (Å²) in [6.45, 7) is 2.08. The fourth-order valence-corrected chi connectivity index (χ4v) is 5.55. The van der Waals surface area contributed by atoms with Crippen LogP contribution in [0.15, 0.2) is 35.7 Å². The predicted molar refractivity (Wildman–Crippen MR) is 104 cm³/mol. The van der Waals surface area contributed by atoms with Gasteiger partial charge in [0, 0.05) is 23.8 Å². The van der Waals surface area contributed by atoms with Crippen LogP contribution >= 0.6 is 23.1 Å². The molecule has 0 radical (unpaired) electrons. The Kier molecular flexibility index (Phi) is 4.72. The Balaban J connectivity index is 2.01. The van der Waals surface area contributed by atoms with Gasteiger partial charge in [-0.15, -0.1) is 11.3 Å². The molecule has 1 aromatic carbocycles. The van der Waals surface area contributed by atoms with Crippen LogP contribution in [0.2, 0.25) is 0 Å². The quantitative estimate of drug-likeness (QED) is 0.885. The van der Waals surface area contributed by atoms with Gasteiger partial charge in [0.05, 0.1) is 16.9 Å². The van der Waals surface area contributed by atoms with E-state index in [9.17, 15) is 4.79 Å². The Morgan fingerprint density at radius 3 is 2.84 bits per heavy atom. The number of thioether (sulfide) groups is 1. The van der Waals surface area contributed by atoms with E-state index in [2.05, 4.69) is 24.4 Å². The molecule has 1 aromatic heterocycles. The Morgan fingerprint density at radius 1 is 1.40 bits per heavy atom. The summed E-state index contributed by atoms with van der Waals surface area (Å²) in [7, 11) is 1.68. The summed E-state index contributed by atoms with van der Waals surface area (Å²) in [5.74, 6) is 0.354. The fourth-order valence-electron chi connectivity index (χ4n) is 3.27. The lowest BCUT2D eigenvalue weighted by atomic mass is 9.77. The van der Waals surface area contributed by atoms with Gasteiger partial charge in [-0.2, -0.15) is 17.0 Å². The largest absolute Gasteiger partial charge is 0.303 e. The van der Waals surface area contributed by atoms with Gasteiger partial charge in [-0.05, 0) is 41.0 Å². The number of amidine groups is 1. The predicted octanol–water partition coefficient (Wildman–Crippen LogP) is 4.12. The summed E-state index contributed by atoms with van der Waals surface area (Å²) in [4.78, 5) is 15.2. The van der Waals surface area contributed by atoms with E-state index >= 15 is 0 Å². The first-order valence-corrected chi connectivity index (χ1v) is 10.0. The van der Waals surface area contributed by atoms with Gasteiger partial charge in [0.2, 0.25) is 5.91 Å². The summed E-state index contributed by atoms with van der Waals surface area (Å²) in [6, 6.07) is 11.8. The van der Waals surface area contributed by atoms with Gasteiger partial charge < -0.3 is 4.90 Å². The number of nitrogens with zero attached hydrogens (tertiary/aromatic N) is 2. The van der Waals surface area contributed by atoms with Crippen molar-refractivity contribution in [2.24, 2.45) is 0 Å². The molecule has 0 unspecified atom stereocenters. The molecule has 4 nitrogen and oxygen atoms in total. The van der Waals surface area contributed by atoms with Crippen LogP contribution in [0, 0.1) is 16.7 Å². The van der Waals surface area contributed by atoms with E-state index in [1.165, 1.54) is 4.90 Å². The third-order valence-corrected chi connectivity index (χ3v) is 7.20. The number of hydrogen-bond acceptors (Lipinski definition) is 5. The number of carbonyl (C=O) groups is 1. The SMILES string of the molecule is CS[C@@H]1C(=O)N(C)C(=N)C[C@]1(C)c1cc(-c2cccc(C#N)c2)cs1. The zero-order valence-corrected chi connectivity index (χ0v) is 16.0. The van der Waals surface area contributed by atoms with Crippen molar-refractivity contribution in [3.8, 4) is 17.2 Å². The molecule has 0 aliphatic carbocycles. The first kappa shape index (κ1) is 17.7. The number of amides is 1. The smallest absolute Gasteiger partial charge is 0.241 e. The Morgan fingerprint density at radius 2 is 2.16 bits per heavy atom. The van der Waals surface area contributed by atoms with Crippen LogP contribution in [0.3, 0.4) is 0 Å². The zero-order chi connectivity index (χ0) is 18.2. The molecule has 1 saturated heterocycles. The minimum atomic E-state index is -0.393. The van der Waals surface area contributed by atoms with Crippen molar-refractivity contribution < 1.29 is 4.79 Å². The molecular formula is C19H19N3OS2. The number of benzene rings is 1. The van der Waals surface area contributed by atoms with E-state index in [1.54, 1.807) is 36.2 Å². The van der Waals surface area contributed by atoms with Crippen LogP contribution in [-0.2, 0) is 10.2 Å². The lowest BCUT2D eigenvalue weighted by Crippen LogP contribution is -2.55. The number of likely N-dealkylation sites (tertiary alicyclic amines) is 1. The molecule has 128 valence electrons. The topological polar surface area (TPSA) is 68.0 Å². The van der Waals surface area contributed by atoms with Crippen LogP contribution in [0.4, 0.5) is 0 Å². The molecule has 1 amide bonds. The molecule has 0 spiro atoms. The number of carbonyl (C=O) groups excluding carboxylic acids is 1. The molecule has 0 saturated carbocycles. The maximum atomic E-state index is 12.6. The van der Waals surface area contributed by atoms with E-state index in [0.29, 0.717) is 17.8 Å². The number of piperidine rings is 1. The van der Waals surface area contributed by atoms with Crippen LogP contribution in [0.1, 0.15) is 23.8 Å². The van der Waals surface area contributed by atoms with Gasteiger partial charge in [-0.25, -0.2) is 0 Å². The molecule has 2 atom stereocenters. The second-order valence-corrected chi connectivity index (χ2v) is 8.30. The van der Waals surface area contributed by atoms with Crippen LogP contribution < -0.4 is 0 Å². The third-order valence-electron chi connectivity index (χ3n) is 4.80. The van der Waals surface area contributed by atoms with Gasteiger partial charge in [-0.3, -0.25) is 10.2 Å². The van der Waals surface area contributed by atoms with Crippen molar-refractivity contribution >= 4 is 34.8 Å². The minimum Gasteiger partial charge on any atom is -0.303 e. The molecule has 6 heteroatoms. The monoisotopic (exact) mass is 369 g/mol. The average Bonchev–Trinajstić information content (AvgIpc) is 3.11. The van der Waals surface area contributed by atoms with Crippen molar-refractivity contribution in [3.05, 3.63) is 46.2 Å². The molecule has 1 aliphatic rings. The Bertz CT molecular complexity index is 883. The average molecular weight is 370 g/mol. The van der Waals surface area contributed by atoms with Gasteiger partial charge >= 0.3 is 0 Å². The molecule has 1 aliphatic heterocycles. The fraction of sp³-hybridized carbons (Fsp3) is 0.316. The summed E-state index contributed by atoms with van der Waals surface area (Å²) in [5, 5.41) is 19.1. The second kappa shape index (κ2) is 6.66. The van der Waals surface area contributed by atoms with Crippen molar-refractivity contribution in [2.45, 2.75) is 24.0 Å². The molecule has 2 heterocycles. The number of nitriles is 1. The van der Waals surface area contributed by atoms with Crippen molar-refractivity contribution in [1.29, 1.82) is 10.7 Å². The molecule has 1 fully saturated rings. The highest BCUT2D eigenvalue weighted by Crippen LogP contribution is 2.45. The van der Waals surface area contributed by atoms with Crippen molar-refractivity contribution in [1.82, 2.24) is 4.90 Å². The molecule has 25 heavy (non-hydrogen) atoms. The number of nitrogens with one attached hydrogen (secondary N) is 1. The van der Waals surface area contributed by atoms with Crippen LogP contribution in [-0.4, -0.2) is 35.2 Å². The third kappa shape index (κ3) is 2.99. The zero-order valence-electron chi connectivity index (χ0n) is 14.4. The Labute approximate surface area is 156 Å². The first-order chi connectivity index (χ1) is 11.9. The van der Waals surface area contributed by atoms with Gasteiger partial charge in [-0.1, -0.05) is 19.1 Å². The summed E-state index contributed by atoms with van der Waals surface area (Å²) in [6.07, 6.45) is 2.49. The second-order valence-electron chi connectivity index (χ2n) is 6.45.